The van der Waals surface area contributed by atoms with Crippen molar-refractivity contribution in [2.75, 3.05) is 23.8 Å². The molecule has 0 aliphatic rings. The molecule has 2 N–H and O–H groups in total. The summed E-state index contributed by atoms with van der Waals surface area (Å²) in [6, 6.07) is 16.5. The lowest BCUT2D eigenvalue weighted by Crippen LogP contribution is -2.23. The van der Waals surface area contributed by atoms with Gasteiger partial charge in [0, 0.05) is 25.0 Å². The van der Waals surface area contributed by atoms with E-state index in [-0.39, 0.29) is 0 Å². The molecule has 0 bridgehead atoms. The van der Waals surface area contributed by atoms with Gasteiger partial charge in [-0.15, -0.1) is 0 Å². The van der Waals surface area contributed by atoms with E-state index in [1.165, 1.54) is 11.3 Å². The first-order valence-electron chi connectivity index (χ1n) is 8.62. The van der Waals surface area contributed by atoms with Crippen LogP contribution in [0.25, 0.3) is 0 Å². The monoisotopic (exact) mass is 354 g/mol. The molecule has 0 fully saturated rings. The molecule has 0 amide bonds. The Bertz CT molecular complexity index is 710. The van der Waals surface area contributed by atoms with Crippen LogP contribution in [-0.4, -0.2) is 24.9 Å². The SMILES string of the molecule is CCCN(C)c1ccc(/C=N\NC(=S)Nc2cccc(CC)c2)cc1. The van der Waals surface area contributed by atoms with Gasteiger partial charge in [0.1, 0.15) is 0 Å². The lowest BCUT2D eigenvalue weighted by Gasteiger charge is -2.18. The van der Waals surface area contributed by atoms with Crippen LogP contribution in [0.3, 0.4) is 0 Å². The van der Waals surface area contributed by atoms with Crippen LogP contribution in [0, 0.1) is 0 Å². The van der Waals surface area contributed by atoms with Crippen molar-refractivity contribution >= 4 is 34.9 Å². The Morgan fingerprint density at radius 3 is 2.60 bits per heavy atom. The highest BCUT2D eigenvalue weighted by Gasteiger charge is 1.99. The zero-order chi connectivity index (χ0) is 18.1. The third-order valence-electron chi connectivity index (χ3n) is 3.87. The topological polar surface area (TPSA) is 39.7 Å². The summed E-state index contributed by atoms with van der Waals surface area (Å²) in [5, 5.41) is 7.82. The van der Waals surface area contributed by atoms with E-state index in [1.54, 1.807) is 6.21 Å². The van der Waals surface area contributed by atoms with Gasteiger partial charge in [0.2, 0.25) is 0 Å². The Hall–Kier alpha value is -2.40. The lowest BCUT2D eigenvalue weighted by atomic mass is 10.1. The van der Waals surface area contributed by atoms with E-state index < -0.39 is 0 Å². The molecular formula is C20H26N4S. The summed E-state index contributed by atoms with van der Waals surface area (Å²) < 4.78 is 0. The molecule has 5 heteroatoms. The first-order valence-corrected chi connectivity index (χ1v) is 9.03. The number of thiocarbonyl (C=S) groups is 1. The van der Waals surface area contributed by atoms with Crippen molar-refractivity contribution in [2.45, 2.75) is 26.7 Å². The van der Waals surface area contributed by atoms with Crippen molar-refractivity contribution in [3.05, 3.63) is 59.7 Å². The number of hydrogen-bond donors (Lipinski definition) is 2. The van der Waals surface area contributed by atoms with Gasteiger partial charge in [-0.3, -0.25) is 5.43 Å². The molecule has 0 aliphatic heterocycles. The van der Waals surface area contributed by atoms with Crippen LogP contribution in [-0.2, 0) is 6.42 Å². The number of anilines is 2. The maximum atomic E-state index is 5.27. The molecule has 0 saturated carbocycles. The number of nitrogens with one attached hydrogen (secondary N) is 2. The van der Waals surface area contributed by atoms with Crippen LogP contribution in [0.2, 0.25) is 0 Å². The summed E-state index contributed by atoms with van der Waals surface area (Å²) in [5.41, 5.74) is 7.32. The Kier molecular flexibility index (Phi) is 7.41. The summed E-state index contributed by atoms with van der Waals surface area (Å²) >= 11 is 5.27. The maximum absolute atomic E-state index is 5.27. The van der Waals surface area contributed by atoms with E-state index in [0.717, 1.165) is 30.6 Å². The predicted molar refractivity (Wildman–Crippen MR) is 113 cm³/mol. The third-order valence-corrected chi connectivity index (χ3v) is 4.06. The fourth-order valence-electron chi connectivity index (χ4n) is 2.47. The molecule has 0 heterocycles. The van der Waals surface area contributed by atoms with Gasteiger partial charge in [0.05, 0.1) is 6.21 Å². The smallest absolute Gasteiger partial charge is 0.191 e. The highest BCUT2D eigenvalue weighted by atomic mass is 32.1. The van der Waals surface area contributed by atoms with Gasteiger partial charge >= 0.3 is 0 Å². The van der Waals surface area contributed by atoms with Crippen LogP contribution in [0.15, 0.2) is 53.6 Å². The molecule has 0 aliphatic carbocycles. The normalized spacial score (nSPS) is 10.7. The van der Waals surface area contributed by atoms with E-state index in [1.807, 2.05) is 24.3 Å². The Morgan fingerprint density at radius 2 is 1.92 bits per heavy atom. The zero-order valence-corrected chi connectivity index (χ0v) is 15.9. The minimum Gasteiger partial charge on any atom is -0.375 e. The molecule has 2 aromatic rings. The van der Waals surface area contributed by atoms with Gasteiger partial charge in [0.25, 0.3) is 0 Å². The number of benzene rings is 2. The van der Waals surface area contributed by atoms with Crippen molar-refractivity contribution in [3.8, 4) is 0 Å². The van der Waals surface area contributed by atoms with Crippen LogP contribution < -0.4 is 15.6 Å². The molecule has 0 unspecified atom stereocenters. The van der Waals surface area contributed by atoms with E-state index >= 15 is 0 Å². The number of hydrazone groups is 1. The van der Waals surface area contributed by atoms with Crippen molar-refractivity contribution < 1.29 is 0 Å². The minimum atomic E-state index is 0.476. The summed E-state index contributed by atoms with van der Waals surface area (Å²) in [7, 11) is 2.10. The standard InChI is InChI=1S/C20H26N4S/c1-4-13-24(3)19-11-9-17(10-12-19)15-21-23-20(25)22-18-8-6-7-16(5-2)14-18/h6-12,14-15H,4-5,13H2,1-3H3,(H2,22,23,25)/b21-15-. The Balaban J connectivity index is 1.86. The summed E-state index contributed by atoms with van der Waals surface area (Å²) in [6.07, 6.45) is 3.90. The second-order valence-electron chi connectivity index (χ2n) is 5.89. The fraction of sp³-hybridized carbons (Fsp3) is 0.300. The Morgan fingerprint density at radius 1 is 1.16 bits per heavy atom. The predicted octanol–water partition coefficient (Wildman–Crippen LogP) is 4.42. The van der Waals surface area contributed by atoms with Gasteiger partial charge < -0.3 is 10.2 Å². The van der Waals surface area contributed by atoms with Crippen LogP contribution in [0.5, 0.6) is 0 Å². The molecule has 132 valence electrons. The van der Waals surface area contributed by atoms with E-state index in [9.17, 15) is 0 Å². The van der Waals surface area contributed by atoms with Gasteiger partial charge in [-0.25, -0.2) is 0 Å². The molecule has 0 spiro atoms. The molecule has 25 heavy (non-hydrogen) atoms. The molecule has 0 aromatic heterocycles. The number of hydrogen-bond acceptors (Lipinski definition) is 3. The fourth-order valence-corrected chi connectivity index (χ4v) is 2.64. The Labute approximate surface area is 155 Å². The van der Waals surface area contributed by atoms with E-state index in [4.69, 9.17) is 12.2 Å². The zero-order valence-electron chi connectivity index (χ0n) is 15.1. The maximum Gasteiger partial charge on any atom is 0.191 e. The minimum absolute atomic E-state index is 0.476. The van der Waals surface area contributed by atoms with Crippen molar-refractivity contribution in [1.82, 2.24) is 5.43 Å². The number of aryl methyl sites for hydroxylation is 1. The van der Waals surface area contributed by atoms with Crippen molar-refractivity contribution in [3.63, 3.8) is 0 Å². The van der Waals surface area contributed by atoms with Gasteiger partial charge in [-0.2, -0.15) is 5.10 Å². The molecule has 0 radical (unpaired) electrons. The van der Waals surface area contributed by atoms with E-state index in [0.29, 0.717) is 5.11 Å². The van der Waals surface area contributed by atoms with Gasteiger partial charge in [0.15, 0.2) is 5.11 Å². The molecule has 2 aromatic carbocycles. The first kappa shape index (κ1) is 18.9. The molecule has 0 atom stereocenters. The molecule has 2 rings (SSSR count). The van der Waals surface area contributed by atoms with Crippen molar-refractivity contribution in [2.24, 2.45) is 5.10 Å². The lowest BCUT2D eigenvalue weighted by molar-refractivity contribution is 0.852. The quantitative estimate of drug-likeness (QED) is 0.439. The third kappa shape index (κ3) is 6.19. The highest BCUT2D eigenvalue weighted by Crippen LogP contribution is 2.13. The summed E-state index contributed by atoms with van der Waals surface area (Å²) in [5.74, 6) is 0. The van der Waals surface area contributed by atoms with Crippen LogP contribution in [0.1, 0.15) is 31.4 Å². The van der Waals surface area contributed by atoms with Gasteiger partial charge in [-0.05, 0) is 60.5 Å². The second-order valence-corrected chi connectivity index (χ2v) is 6.30. The first-order chi connectivity index (χ1) is 12.1. The van der Waals surface area contributed by atoms with Crippen LogP contribution in [0.4, 0.5) is 11.4 Å². The van der Waals surface area contributed by atoms with E-state index in [2.05, 4.69) is 65.9 Å². The average Bonchev–Trinajstić information content (AvgIpc) is 2.62. The highest BCUT2D eigenvalue weighted by molar-refractivity contribution is 7.80. The molecule has 0 saturated heterocycles. The van der Waals surface area contributed by atoms with Gasteiger partial charge in [-0.1, -0.05) is 38.1 Å². The number of nitrogens with zero attached hydrogens (tertiary/aromatic N) is 2. The summed E-state index contributed by atoms with van der Waals surface area (Å²) in [6.45, 7) is 5.36. The van der Waals surface area contributed by atoms with Crippen molar-refractivity contribution in [1.29, 1.82) is 0 Å². The molecule has 4 nitrogen and oxygen atoms in total. The summed E-state index contributed by atoms with van der Waals surface area (Å²) in [4.78, 5) is 2.24. The van der Waals surface area contributed by atoms with Crippen LogP contribution >= 0.6 is 12.2 Å². The average molecular weight is 355 g/mol. The second kappa shape index (κ2) is 9.79. The largest absolute Gasteiger partial charge is 0.375 e. The number of rotatable bonds is 7. The molecular weight excluding hydrogens is 328 g/mol.